The van der Waals surface area contributed by atoms with Crippen LogP contribution in [0.4, 0.5) is 4.79 Å². The predicted octanol–water partition coefficient (Wildman–Crippen LogP) is 5.63. The minimum Gasteiger partial charge on any atom is -0.466 e. The largest absolute Gasteiger partial charge is 0.466 e. The number of hydrogen-bond donors (Lipinski definition) is 1. The number of urea groups is 1. The Morgan fingerprint density at radius 3 is 2.03 bits per heavy atom. The van der Waals surface area contributed by atoms with Crippen LogP contribution in [0.2, 0.25) is 0 Å². The quantitative estimate of drug-likeness (QED) is 0.290. The van der Waals surface area contributed by atoms with Crippen molar-refractivity contribution in [3.8, 4) is 11.1 Å². The maximum atomic E-state index is 13.3. The number of esters is 2. The van der Waals surface area contributed by atoms with Crippen LogP contribution in [-0.2, 0) is 32.1 Å². The standard InChI is InChI=1S/C32H38N2O5/c1-4-38-30(35)19-20-34(22-24(2)3)32(37)33-29(31(36)39-23-26-11-7-5-8-12-26)21-25-15-17-28(18-16-25)27-13-9-6-10-14-27/h5-18,24,29H,4,19-23H2,1-3H3,(H,33,37)/t29-/m0/s1. The van der Waals surface area contributed by atoms with Crippen molar-refractivity contribution in [3.63, 3.8) is 0 Å². The lowest BCUT2D eigenvalue weighted by atomic mass is 10.0. The molecule has 0 saturated carbocycles. The third-order valence-electron chi connectivity index (χ3n) is 6.07. The van der Waals surface area contributed by atoms with Crippen LogP contribution in [-0.4, -0.2) is 48.6 Å². The third-order valence-corrected chi connectivity index (χ3v) is 6.07. The Morgan fingerprint density at radius 1 is 0.795 bits per heavy atom. The van der Waals surface area contributed by atoms with Crippen molar-refractivity contribution in [1.82, 2.24) is 10.2 Å². The maximum absolute atomic E-state index is 13.3. The van der Waals surface area contributed by atoms with Gasteiger partial charge in [0.15, 0.2) is 0 Å². The van der Waals surface area contributed by atoms with Gasteiger partial charge in [-0.05, 0) is 35.1 Å². The first kappa shape index (κ1) is 29.4. The molecule has 3 aromatic carbocycles. The minimum absolute atomic E-state index is 0.0814. The Labute approximate surface area is 231 Å². The lowest BCUT2D eigenvalue weighted by molar-refractivity contribution is -0.147. The average molecular weight is 531 g/mol. The molecule has 0 aliphatic carbocycles. The average Bonchev–Trinajstić information content (AvgIpc) is 2.95. The SMILES string of the molecule is CCOC(=O)CCN(CC(C)C)C(=O)N[C@@H](Cc1ccc(-c2ccccc2)cc1)C(=O)OCc1ccccc1. The molecule has 0 saturated heterocycles. The number of amides is 2. The number of carbonyl (C=O) groups is 3. The molecule has 2 amide bonds. The monoisotopic (exact) mass is 530 g/mol. The molecule has 3 aromatic rings. The molecular weight excluding hydrogens is 492 g/mol. The number of benzene rings is 3. The van der Waals surface area contributed by atoms with Crippen molar-refractivity contribution in [2.24, 2.45) is 5.92 Å². The van der Waals surface area contributed by atoms with Gasteiger partial charge in [-0.25, -0.2) is 9.59 Å². The van der Waals surface area contributed by atoms with Gasteiger partial charge >= 0.3 is 18.0 Å². The van der Waals surface area contributed by atoms with Gasteiger partial charge in [-0.2, -0.15) is 0 Å². The molecule has 0 aliphatic heterocycles. The van der Waals surface area contributed by atoms with E-state index in [0.717, 1.165) is 22.3 Å². The van der Waals surface area contributed by atoms with Gasteiger partial charge in [0.25, 0.3) is 0 Å². The molecule has 1 N–H and O–H groups in total. The molecule has 3 rings (SSSR count). The van der Waals surface area contributed by atoms with Crippen LogP contribution in [0.1, 0.15) is 38.3 Å². The van der Waals surface area contributed by atoms with Gasteiger partial charge in [0.05, 0.1) is 13.0 Å². The van der Waals surface area contributed by atoms with Crippen LogP contribution in [0.5, 0.6) is 0 Å². The van der Waals surface area contributed by atoms with E-state index in [-0.39, 0.29) is 44.5 Å². The van der Waals surface area contributed by atoms with E-state index >= 15 is 0 Å². The van der Waals surface area contributed by atoms with Crippen LogP contribution in [0.25, 0.3) is 11.1 Å². The highest BCUT2D eigenvalue weighted by molar-refractivity contribution is 5.84. The maximum Gasteiger partial charge on any atom is 0.329 e. The highest BCUT2D eigenvalue weighted by Gasteiger charge is 2.26. The van der Waals surface area contributed by atoms with Crippen molar-refractivity contribution in [2.75, 3.05) is 19.7 Å². The van der Waals surface area contributed by atoms with E-state index in [1.165, 1.54) is 0 Å². The number of rotatable bonds is 13. The fourth-order valence-electron chi connectivity index (χ4n) is 4.14. The molecule has 7 nitrogen and oxygen atoms in total. The Hall–Kier alpha value is -4.13. The van der Waals surface area contributed by atoms with Crippen molar-refractivity contribution in [3.05, 3.63) is 96.1 Å². The molecule has 1 atom stereocenters. The molecule has 7 heteroatoms. The third kappa shape index (κ3) is 9.93. The molecule has 0 radical (unpaired) electrons. The van der Waals surface area contributed by atoms with Crippen LogP contribution in [0, 0.1) is 5.92 Å². The first-order chi connectivity index (χ1) is 18.9. The van der Waals surface area contributed by atoms with E-state index in [0.29, 0.717) is 6.54 Å². The molecule has 39 heavy (non-hydrogen) atoms. The second-order valence-electron chi connectivity index (χ2n) is 9.76. The van der Waals surface area contributed by atoms with E-state index < -0.39 is 18.0 Å². The van der Waals surface area contributed by atoms with E-state index in [1.54, 1.807) is 11.8 Å². The normalized spacial score (nSPS) is 11.5. The van der Waals surface area contributed by atoms with E-state index in [4.69, 9.17) is 9.47 Å². The molecule has 0 aliphatic rings. The lowest BCUT2D eigenvalue weighted by Gasteiger charge is -2.27. The first-order valence-corrected chi connectivity index (χ1v) is 13.4. The summed E-state index contributed by atoms with van der Waals surface area (Å²) in [6, 6.07) is 26.0. The zero-order valence-corrected chi connectivity index (χ0v) is 23.0. The number of nitrogens with zero attached hydrogens (tertiary/aromatic N) is 1. The smallest absolute Gasteiger partial charge is 0.329 e. The summed E-state index contributed by atoms with van der Waals surface area (Å²) in [6.07, 6.45) is 0.347. The predicted molar refractivity (Wildman–Crippen MR) is 152 cm³/mol. The summed E-state index contributed by atoms with van der Waals surface area (Å²) in [4.78, 5) is 40.0. The van der Waals surface area contributed by atoms with Crippen LogP contribution in [0.15, 0.2) is 84.9 Å². The highest BCUT2D eigenvalue weighted by atomic mass is 16.5. The first-order valence-electron chi connectivity index (χ1n) is 13.4. The highest BCUT2D eigenvalue weighted by Crippen LogP contribution is 2.20. The summed E-state index contributed by atoms with van der Waals surface area (Å²) in [7, 11) is 0. The molecule has 0 heterocycles. The van der Waals surface area contributed by atoms with Crippen LogP contribution < -0.4 is 5.32 Å². The summed E-state index contributed by atoms with van der Waals surface area (Å²) in [5.74, 6) is -0.711. The van der Waals surface area contributed by atoms with Gasteiger partial charge < -0.3 is 19.7 Å². The zero-order chi connectivity index (χ0) is 28.0. The van der Waals surface area contributed by atoms with Crippen molar-refractivity contribution in [2.45, 2.75) is 46.3 Å². The van der Waals surface area contributed by atoms with Crippen molar-refractivity contribution in [1.29, 1.82) is 0 Å². The molecular formula is C32H38N2O5. The Kier molecular flexibility index (Phi) is 11.6. The van der Waals surface area contributed by atoms with Gasteiger partial charge in [0.1, 0.15) is 12.6 Å². The van der Waals surface area contributed by atoms with Crippen LogP contribution in [0.3, 0.4) is 0 Å². The van der Waals surface area contributed by atoms with Gasteiger partial charge in [0.2, 0.25) is 0 Å². The Morgan fingerprint density at radius 2 is 1.41 bits per heavy atom. The number of carbonyl (C=O) groups excluding carboxylic acids is 3. The van der Waals surface area contributed by atoms with E-state index in [1.807, 2.05) is 98.8 Å². The molecule has 206 valence electrons. The molecule has 0 spiro atoms. The molecule has 0 bridgehead atoms. The topological polar surface area (TPSA) is 84.9 Å². The molecule has 0 fully saturated rings. The second-order valence-corrected chi connectivity index (χ2v) is 9.76. The Bertz CT molecular complexity index is 1180. The summed E-state index contributed by atoms with van der Waals surface area (Å²) >= 11 is 0. The summed E-state index contributed by atoms with van der Waals surface area (Å²) in [5, 5.41) is 2.87. The lowest BCUT2D eigenvalue weighted by Crippen LogP contribution is -2.50. The zero-order valence-electron chi connectivity index (χ0n) is 23.0. The number of hydrogen-bond acceptors (Lipinski definition) is 5. The van der Waals surface area contributed by atoms with Crippen molar-refractivity contribution >= 4 is 18.0 Å². The van der Waals surface area contributed by atoms with Crippen LogP contribution >= 0.6 is 0 Å². The van der Waals surface area contributed by atoms with Gasteiger partial charge in [0, 0.05) is 19.5 Å². The summed E-state index contributed by atoms with van der Waals surface area (Å²) in [6.45, 7) is 6.75. The number of ether oxygens (including phenoxy) is 2. The summed E-state index contributed by atoms with van der Waals surface area (Å²) < 4.78 is 10.6. The fourth-order valence-corrected chi connectivity index (χ4v) is 4.14. The molecule has 0 aromatic heterocycles. The van der Waals surface area contributed by atoms with Gasteiger partial charge in [-0.1, -0.05) is 98.8 Å². The van der Waals surface area contributed by atoms with Crippen molar-refractivity contribution < 1.29 is 23.9 Å². The second kappa shape index (κ2) is 15.3. The Balaban J connectivity index is 1.74. The molecule has 0 unspecified atom stereocenters. The van der Waals surface area contributed by atoms with E-state index in [9.17, 15) is 14.4 Å². The van der Waals surface area contributed by atoms with Gasteiger partial charge in [-0.3, -0.25) is 4.79 Å². The van der Waals surface area contributed by atoms with Gasteiger partial charge in [-0.15, -0.1) is 0 Å². The summed E-state index contributed by atoms with van der Waals surface area (Å²) in [5.41, 5.74) is 3.91. The fraction of sp³-hybridized carbons (Fsp3) is 0.344. The number of nitrogens with one attached hydrogen (secondary N) is 1. The minimum atomic E-state index is -0.902. The van der Waals surface area contributed by atoms with E-state index in [2.05, 4.69) is 5.32 Å².